The van der Waals surface area contributed by atoms with Crippen molar-refractivity contribution in [2.24, 2.45) is 0 Å². The van der Waals surface area contributed by atoms with E-state index in [9.17, 15) is 8.42 Å². The van der Waals surface area contributed by atoms with Gasteiger partial charge >= 0.3 is 0 Å². The van der Waals surface area contributed by atoms with Gasteiger partial charge in [0.25, 0.3) is 0 Å². The van der Waals surface area contributed by atoms with Crippen molar-refractivity contribution in [3.8, 4) is 6.07 Å². The molecule has 0 spiro atoms. The fourth-order valence-electron chi connectivity index (χ4n) is 1.46. The van der Waals surface area contributed by atoms with E-state index in [4.69, 9.17) is 5.26 Å². The van der Waals surface area contributed by atoms with E-state index in [2.05, 4.69) is 6.58 Å². The summed E-state index contributed by atoms with van der Waals surface area (Å²) in [6.45, 7) is 5.44. The van der Waals surface area contributed by atoms with E-state index in [1.54, 1.807) is 13.0 Å². The summed E-state index contributed by atoms with van der Waals surface area (Å²) in [5.41, 5.74) is 1.02. The molecule has 90 valence electrons. The predicted molar refractivity (Wildman–Crippen MR) is 65.9 cm³/mol. The summed E-state index contributed by atoms with van der Waals surface area (Å²) in [6.07, 6.45) is 1.52. The molecule has 0 aliphatic heterocycles. The van der Waals surface area contributed by atoms with Gasteiger partial charge in [-0.3, -0.25) is 0 Å². The van der Waals surface area contributed by atoms with Gasteiger partial charge in [-0.1, -0.05) is 6.08 Å². The number of hydrogen-bond donors (Lipinski definition) is 0. The van der Waals surface area contributed by atoms with Crippen LogP contribution in [-0.2, 0) is 10.0 Å². The van der Waals surface area contributed by atoms with Gasteiger partial charge in [0.15, 0.2) is 0 Å². The summed E-state index contributed by atoms with van der Waals surface area (Å²) in [7, 11) is -2.01. The molecular formula is C12H14N2O2S. The van der Waals surface area contributed by atoms with E-state index in [1.165, 1.54) is 29.6 Å². The first-order valence-corrected chi connectivity index (χ1v) is 6.45. The van der Waals surface area contributed by atoms with Gasteiger partial charge in [-0.15, -0.1) is 6.58 Å². The van der Waals surface area contributed by atoms with Crippen LogP contribution in [0.3, 0.4) is 0 Å². The van der Waals surface area contributed by atoms with Crippen molar-refractivity contribution < 1.29 is 8.42 Å². The molecule has 0 saturated carbocycles. The molecule has 0 radical (unpaired) electrons. The Balaban J connectivity index is 3.26. The van der Waals surface area contributed by atoms with Crippen molar-refractivity contribution in [2.45, 2.75) is 11.8 Å². The Bertz CT molecular complexity index is 571. The summed E-state index contributed by atoms with van der Waals surface area (Å²) in [5.74, 6) is 0. The lowest BCUT2D eigenvalue weighted by molar-refractivity contribution is 0.499. The number of nitrogens with zero attached hydrogens (tertiary/aromatic N) is 2. The highest BCUT2D eigenvalue weighted by atomic mass is 32.2. The molecule has 0 aromatic heterocycles. The summed E-state index contributed by atoms with van der Waals surface area (Å²) >= 11 is 0. The topological polar surface area (TPSA) is 61.2 Å². The molecule has 1 rings (SSSR count). The molecule has 0 aliphatic rings. The van der Waals surface area contributed by atoms with E-state index >= 15 is 0 Å². The van der Waals surface area contributed by atoms with Crippen LogP contribution in [0.4, 0.5) is 0 Å². The predicted octanol–water partition coefficient (Wildman–Crippen LogP) is 1.67. The van der Waals surface area contributed by atoms with Crippen LogP contribution >= 0.6 is 0 Å². The van der Waals surface area contributed by atoms with E-state index in [-0.39, 0.29) is 11.4 Å². The standard InChI is InChI=1S/C12H14N2O2S/c1-4-7-14(3)17(15,16)12-6-5-11(9-13)8-10(12)2/h4-6,8H,1,7H2,2-3H3. The van der Waals surface area contributed by atoms with Crippen LogP contribution in [0, 0.1) is 18.3 Å². The van der Waals surface area contributed by atoms with Crippen molar-refractivity contribution in [1.29, 1.82) is 5.26 Å². The monoisotopic (exact) mass is 250 g/mol. The summed E-state index contributed by atoms with van der Waals surface area (Å²) < 4.78 is 25.5. The Morgan fingerprint density at radius 3 is 2.65 bits per heavy atom. The van der Waals surface area contributed by atoms with Crippen molar-refractivity contribution in [1.82, 2.24) is 4.31 Å². The molecule has 4 nitrogen and oxygen atoms in total. The zero-order valence-electron chi connectivity index (χ0n) is 9.84. The second-order valence-corrected chi connectivity index (χ2v) is 5.68. The van der Waals surface area contributed by atoms with Crippen LogP contribution in [0.5, 0.6) is 0 Å². The smallest absolute Gasteiger partial charge is 0.207 e. The van der Waals surface area contributed by atoms with Gasteiger partial charge in [0, 0.05) is 13.6 Å². The van der Waals surface area contributed by atoms with Crippen LogP contribution in [0.25, 0.3) is 0 Å². The van der Waals surface area contributed by atoms with Gasteiger partial charge in [0.05, 0.1) is 16.5 Å². The van der Waals surface area contributed by atoms with E-state index in [0.29, 0.717) is 11.1 Å². The number of sulfonamides is 1. The zero-order valence-corrected chi connectivity index (χ0v) is 10.7. The van der Waals surface area contributed by atoms with Crippen LogP contribution < -0.4 is 0 Å². The Labute approximate surface area is 102 Å². The summed E-state index contributed by atoms with van der Waals surface area (Å²) in [4.78, 5) is 0.223. The molecule has 0 saturated heterocycles. The molecular weight excluding hydrogens is 236 g/mol. The minimum atomic E-state index is -3.50. The Hall–Kier alpha value is -1.64. The number of nitriles is 1. The Morgan fingerprint density at radius 2 is 2.18 bits per heavy atom. The van der Waals surface area contributed by atoms with E-state index < -0.39 is 10.0 Å². The van der Waals surface area contributed by atoms with Crippen LogP contribution in [0.15, 0.2) is 35.7 Å². The van der Waals surface area contributed by atoms with Gasteiger partial charge < -0.3 is 0 Å². The quantitative estimate of drug-likeness (QED) is 0.764. The molecule has 0 atom stereocenters. The lowest BCUT2D eigenvalue weighted by atomic mass is 10.2. The van der Waals surface area contributed by atoms with Crippen LogP contribution in [-0.4, -0.2) is 26.3 Å². The lowest BCUT2D eigenvalue weighted by Gasteiger charge is -2.16. The average Bonchev–Trinajstić information content (AvgIpc) is 2.28. The maximum atomic E-state index is 12.1. The molecule has 0 N–H and O–H groups in total. The van der Waals surface area contributed by atoms with E-state index in [0.717, 1.165) is 0 Å². The van der Waals surface area contributed by atoms with Gasteiger partial charge in [0.1, 0.15) is 0 Å². The highest BCUT2D eigenvalue weighted by Gasteiger charge is 2.21. The third-order valence-electron chi connectivity index (χ3n) is 2.38. The molecule has 0 amide bonds. The first-order chi connectivity index (χ1) is 7.93. The van der Waals surface area contributed by atoms with E-state index in [1.807, 2.05) is 6.07 Å². The first kappa shape index (κ1) is 13.4. The number of rotatable bonds is 4. The minimum absolute atomic E-state index is 0.223. The molecule has 0 heterocycles. The second-order valence-electron chi connectivity index (χ2n) is 3.67. The van der Waals surface area contributed by atoms with Crippen molar-refractivity contribution >= 4 is 10.0 Å². The second kappa shape index (κ2) is 5.13. The highest BCUT2D eigenvalue weighted by molar-refractivity contribution is 7.89. The largest absolute Gasteiger partial charge is 0.243 e. The first-order valence-electron chi connectivity index (χ1n) is 5.01. The molecule has 0 fully saturated rings. The molecule has 17 heavy (non-hydrogen) atoms. The van der Waals surface area contributed by atoms with Crippen molar-refractivity contribution in [3.05, 3.63) is 42.0 Å². The normalized spacial score (nSPS) is 11.2. The average molecular weight is 250 g/mol. The molecule has 1 aromatic rings. The summed E-state index contributed by atoms with van der Waals surface area (Å²) in [6, 6.07) is 6.50. The SMILES string of the molecule is C=CCN(C)S(=O)(=O)c1ccc(C#N)cc1C. The maximum Gasteiger partial charge on any atom is 0.243 e. The number of benzene rings is 1. The molecule has 1 aromatic carbocycles. The van der Waals surface area contributed by atoms with Gasteiger partial charge in [-0.25, -0.2) is 8.42 Å². The summed E-state index contributed by atoms with van der Waals surface area (Å²) in [5, 5.41) is 8.73. The Morgan fingerprint density at radius 1 is 1.53 bits per heavy atom. The third-order valence-corrected chi connectivity index (χ3v) is 4.36. The van der Waals surface area contributed by atoms with Crippen molar-refractivity contribution in [2.75, 3.05) is 13.6 Å². The van der Waals surface area contributed by atoms with Gasteiger partial charge in [-0.05, 0) is 30.7 Å². The molecule has 0 unspecified atom stereocenters. The fraction of sp³-hybridized carbons (Fsp3) is 0.250. The van der Waals surface area contributed by atoms with Gasteiger partial charge in [-0.2, -0.15) is 9.57 Å². The van der Waals surface area contributed by atoms with Crippen LogP contribution in [0.1, 0.15) is 11.1 Å². The lowest BCUT2D eigenvalue weighted by Crippen LogP contribution is -2.27. The zero-order chi connectivity index (χ0) is 13.1. The fourth-order valence-corrected chi connectivity index (χ4v) is 2.80. The maximum absolute atomic E-state index is 12.1. The molecule has 0 bridgehead atoms. The minimum Gasteiger partial charge on any atom is -0.207 e. The third kappa shape index (κ3) is 2.73. The van der Waals surface area contributed by atoms with Gasteiger partial charge in [0.2, 0.25) is 10.0 Å². The number of hydrogen-bond acceptors (Lipinski definition) is 3. The van der Waals surface area contributed by atoms with Crippen LogP contribution in [0.2, 0.25) is 0 Å². The molecule has 0 aliphatic carbocycles. The number of aryl methyl sites for hydroxylation is 1. The highest BCUT2D eigenvalue weighted by Crippen LogP contribution is 2.19. The molecule has 5 heteroatoms. The number of likely N-dealkylation sites (N-methyl/N-ethyl adjacent to an activating group) is 1. The Kier molecular flexibility index (Phi) is 4.05. The van der Waals surface area contributed by atoms with Crippen molar-refractivity contribution in [3.63, 3.8) is 0 Å².